The Kier molecular flexibility index (Phi) is 6.20. The molecule has 0 aliphatic heterocycles. The van der Waals surface area contributed by atoms with Crippen LogP contribution in [0.3, 0.4) is 0 Å². The molecule has 0 aliphatic rings. The quantitative estimate of drug-likeness (QED) is 0.523. The van der Waals surface area contributed by atoms with Crippen molar-refractivity contribution < 1.29 is 5.11 Å². The summed E-state index contributed by atoms with van der Waals surface area (Å²) >= 11 is 0. The van der Waals surface area contributed by atoms with Gasteiger partial charge >= 0.3 is 0 Å². The van der Waals surface area contributed by atoms with Gasteiger partial charge in [-0.1, -0.05) is 37.6 Å². The van der Waals surface area contributed by atoms with Gasteiger partial charge in [-0.25, -0.2) is 4.98 Å². The third-order valence-electron chi connectivity index (χ3n) is 4.46. The third-order valence-corrected chi connectivity index (χ3v) is 4.46. The van der Waals surface area contributed by atoms with Crippen LogP contribution in [0, 0.1) is 0 Å². The summed E-state index contributed by atoms with van der Waals surface area (Å²) in [5.41, 5.74) is 15.2. The summed E-state index contributed by atoms with van der Waals surface area (Å²) in [6, 6.07) is 8.15. The molecular weight excluding hydrogens is 342 g/mol. The summed E-state index contributed by atoms with van der Waals surface area (Å²) in [7, 11) is 0. The number of fused-ring (bicyclic) bond motifs is 1. The number of nitrogen functional groups attached to an aromatic ring is 1. The Bertz CT molecular complexity index is 876. The van der Waals surface area contributed by atoms with Crippen LogP contribution in [0.2, 0.25) is 0 Å². The van der Waals surface area contributed by atoms with E-state index in [-0.39, 0.29) is 12.6 Å². The van der Waals surface area contributed by atoms with Crippen molar-refractivity contribution in [2.75, 3.05) is 30.3 Å². The van der Waals surface area contributed by atoms with Gasteiger partial charge in [-0.15, -0.1) is 0 Å². The average molecular weight is 369 g/mol. The fourth-order valence-corrected chi connectivity index (χ4v) is 3.02. The molecule has 0 radical (unpaired) electrons. The Balaban J connectivity index is 1.93. The number of aromatic nitrogens is 4. The normalized spacial score (nSPS) is 11.2. The van der Waals surface area contributed by atoms with E-state index in [9.17, 15) is 5.11 Å². The van der Waals surface area contributed by atoms with Gasteiger partial charge in [0.2, 0.25) is 5.95 Å². The number of hydrogen-bond acceptors (Lipinski definition) is 7. The number of nitrogens with zero attached hydrogens (tertiary/aromatic N) is 5. The molecule has 8 heteroatoms. The Morgan fingerprint density at radius 3 is 2.52 bits per heavy atom. The lowest BCUT2D eigenvalue weighted by atomic mass is 10.1. The van der Waals surface area contributed by atoms with Crippen LogP contribution in [0.5, 0.6) is 0 Å². The Morgan fingerprint density at radius 1 is 1.11 bits per heavy atom. The number of rotatable bonds is 9. The highest BCUT2D eigenvalue weighted by molar-refractivity contribution is 5.86. The van der Waals surface area contributed by atoms with Gasteiger partial charge < -0.3 is 21.5 Å². The average Bonchev–Trinajstić information content (AvgIpc) is 3.07. The SMILES string of the molecule is CCCCN(CCO)c1nc(N)nc2cn(Cc3ccc(CN)cc3)nc12. The highest BCUT2D eigenvalue weighted by atomic mass is 16.3. The fraction of sp³-hybridized carbons (Fsp3) is 0.421. The summed E-state index contributed by atoms with van der Waals surface area (Å²) in [4.78, 5) is 10.8. The Morgan fingerprint density at radius 2 is 1.85 bits per heavy atom. The van der Waals surface area contributed by atoms with E-state index in [0.717, 1.165) is 30.5 Å². The first-order valence-corrected chi connectivity index (χ1v) is 9.29. The first kappa shape index (κ1) is 19.1. The third kappa shape index (κ3) is 4.53. The zero-order valence-corrected chi connectivity index (χ0v) is 15.7. The van der Waals surface area contributed by atoms with Gasteiger partial charge in [0.1, 0.15) is 5.52 Å². The van der Waals surface area contributed by atoms with Gasteiger partial charge in [-0.3, -0.25) is 4.68 Å². The van der Waals surface area contributed by atoms with Crippen LogP contribution in [0.15, 0.2) is 30.5 Å². The lowest BCUT2D eigenvalue weighted by Crippen LogP contribution is -2.29. The number of anilines is 2. The van der Waals surface area contributed by atoms with E-state index in [1.165, 1.54) is 0 Å². The van der Waals surface area contributed by atoms with Crippen LogP contribution in [-0.2, 0) is 13.1 Å². The molecule has 3 aromatic rings. The molecule has 1 aromatic carbocycles. The first-order chi connectivity index (χ1) is 13.1. The second-order valence-corrected chi connectivity index (χ2v) is 6.55. The van der Waals surface area contributed by atoms with Gasteiger partial charge in [0.05, 0.1) is 19.3 Å². The first-order valence-electron chi connectivity index (χ1n) is 9.29. The highest BCUT2D eigenvalue weighted by Crippen LogP contribution is 2.24. The van der Waals surface area contributed by atoms with Crippen LogP contribution in [-0.4, -0.2) is 44.6 Å². The lowest BCUT2D eigenvalue weighted by molar-refractivity contribution is 0.301. The van der Waals surface area contributed by atoms with Crippen molar-refractivity contribution in [2.45, 2.75) is 32.9 Å². The van der Waals surface area contributed by atoms with Crippen molar-refractivity contribution in [1.82, 2.24) is 19.7 Å². The second kappa shape index (κ2) is 8.79. The molecule has 3 rings (SSSR count). The van der Waals surface area contributed by atoms with E-state index in [1.54, 1.807) is 0 Å². The summed E-state index contributed by atoms with van der Waals surface area (Å²) in [5, 5.41) is 14.1. The van der Waals surface area contributed by atoms with Crippen molar-refractivity contribution in [1.29, 1.82) is 0 Å². The maximum Gasteiger partial charge on any atom is 0.222 e. The Labute approximate surface area is 158 Å². The van der Waals surface area contributed by atoms with Crippen molar-refractivity contribution >= 4 is 22.8 Å². The van der Waals surface area contributed by atoms with E-state index in [1.807, 2.05) is 27.9 Å². The minimum atomic E-state index is 0.0450. The number of aliphatic hydroxyl groups excluding tert-OH is 1. The van der Waals surface area contributed by atoms with Gasteiger partial charge in [0.25, 0.3) is 0 Å². The minimum Gasteiger partial charge on any atom is -0.395 e. The van der Waals surface area contributed by atoms with E-state index < -0.39 is 0 Å². The molecule has 8 nitrogen and oxygen atoms in total. The second-order valence-electron chi connectivity index (χ2n) is 6.55. The predicted octanol–water partition coefficient (Wildman–Crippen LogP) is 1.51. The number of aliphatic hydroxyl groups is 1. The molecule has 0 atom stereocenters. The van der Waals surface area contributed by atoms with Gasteiger partial charge in [-0.2, -0.15) is 10.1 Å². The molecule has 2 aromatic heterocycles. The van der Waals surface area contributed by atoms with Crippen LogP contribution in [0.4, 0.5) is 11.8 Å². The van der Waals surface area contributed by atoms with Crippen molar-refractivity contribution in [3.63, 3.8) is 0 Å². The smallest absolute Gasteiger partial charge is 0.222 e. The minimum absolute atomic E-state index is 0.0450. The number of benzene rings is 1. The van der Waals surface area contributed by atoms with E-state index in [0.29, 0.717) is 36.5 Å². The maximum atomic E-state index is 9.43. The molecule has 27 heavy (non-hydrogen) atoms. The lowest BCUT2D eigenvalue weighted by Gasteiger charge is -2.22. The summed E-state index contributed by atoms with van der Waals surface area (Å²) in [5.74, 6) is 0.890. The van der Waals surface area contributed by atoms with Gasteiger partial charge in [0.15, 0.2) is 11.3 Å². The molecule has 0 amide bonds. The zero-order valence-electron chi connectivity index (χ0n) is 15.7. The number of unbranched alkanes of at least 4 members (excludes halogenated alkanes) is 1. The fourth-order valence-electron chi connectivity index (χ4n) is 3.02. The topological polar surface area (TPSA) is 119 Å². The van der Waals surface area contributed by atoms with Crippen LogP contribution in [0.25, 0.3) is 11.0 Å². The standard InChI is InChI=1S/C19H27N7O/c1-2-3-8-25(9-10-27)18-17-16(22-19(21)23-18)13-26(24-17)12-15-6-4-14(11-20)5-7-15/h4-7,13,27H,2-3,8-12,20H2,1H3,(H2,21,22). The van der Waals surface area contributed by atoms with E-state index in [4.69, 9.17) is 16.6 Å². The van der Waals surface area contributed by atoms with Crippen molar-refractivity contribution in [3.05, 3.63) is 41.6 Å². The molecule has 0 bridgehead atoms. The monoisotopic (exact) mass is 369 g/mol. The Hall–Kier alpha value is -2.71. The van der Waals surface area contributed by atoms with Crippen molar-refractivity contribution in [3.8, 4) is 0 Å². The summed E-state index contributed by atoms with van der Waals surface area (Å²) < 4.78 is 1.84. The number of hydrogen-bond donors (Lipinski definition) is 3. The van der Waals surface area contributed by atoms with E-state index in [2.05, 4.69) is 29.0 Å². The molecule has 0 saturated heterocycles. The van der Waals surface area contributed by atoms with Crippen LogP contribution >= 0.6 is 0 Å². The molecule has 0 unspecified atom stereocenters. The molecule has 2 heterocycles. The van der Waals surface area contributed by atoms with Gasteiger partial charge in [0, 0.05) is 19.6 Å². The maximum absolute atomic E-state index is 9.43. The summed E-state index contributed by atoms with van der Waals surface area (Å²) in [6.07, 6.45) is 3.93. The summed E-state index contributed by atoms with van der Waals surface area (Å²) in [6.45, 7) is 4.60. The molecule has 0 spiro atoms. The molecule has 0 saturated carbocycles. The largest absolute Gasteiger partial charge is 0.395 e. The van der Waals surface area contributed by atoms with Crippen LogP contribution < -0.4 is 16.4 Å². The molecule has 144 valence electrons. The molecule has 5 N–H and O–H groups in total. The predicted molar refractivity (Wildman–Crippen MR) is 107 cm³/mol. The van der Waals surface area contributed by atoms with E-state index >= 15 is 0 Å². The molecule has 0 aliphatic carbocycles. The zero-order chi connectivity index (χ0) is 19.2. The number of nitrogens with two attached hydrogens (primary N) is 2. The van der Waals surface area contributed by atoms with Gasteiger partial charge in [-0.05, 0) is 17.5 Å². The molecule has 0 fully saturated rings. The van der Waals surface area contributed by atoms with Crippen LogP contribution in [0.1, 0.15) is 30.9 Å². The van der Waals surface area contributed by atoms with Crippen molar-refractivity contribution in [2.24, 2.45) is 5.73 Å². The highest BCUT2D eigenvalue weighted by Gasteiger charge is 2.17. The molecular formula is C19H27N7O.